The molecule has 0 amide bonds. The summed E-state index contributed by atoms with van der Waals surface area (Å²) in [7, 11) is 0. The molecule has 1 aromatic heterocycles. The Morgan fingerprint density at radius 2 is 1.24 bits per heavy atom. The number of para-hydroxylation sites is 2. The van der Waals surface area contributed by atoms with Gasteiger partial charge in [0.05, 0.1) is 0 Å². The van der Waals surface area contributed by atoms with E-state index in [-0.39, 0.29) is 12.1 Å². The van der Waals surface area contributed by atoms with E-state index in [1.54, 1.807) is 0 Å². The summed E-state index contributed by atoms with van der Waals surface area (Å²) in [6, 6.07) is 30.6. The summed E-state index contributed by atoms with van der Waals surface area (Å²) in [6.07, 6.45) is 2.26. The Hall–Kier alpha value is -2.87. The van der Waals surface area contributed by atoms with Crippen LogP contribution in [-0.2, 0) is 0 Å². The maximum absolute atomic E-state index is 2.38. The Kier molecular flexibility index (Phi) is 4.10. The topological polar surface area (TPSA) is 8.81 Å². The van der Waals surface area contributed by atoms with Crippen LogP contribution in [0.15, 0.2) is 91.3 Å². The summed E-state index contributed by atoms with van der Waals surface area (Å²) < 4.78 is 4.76. The third-order valence-corrected chi connectivity index (χ3v) is 5.09. The van der Waals surface area contributed by atoms with Gasteiger partial charge in [-0.25, -0.2) is 9.13 Å². The highest BCUT2D eigenvalue weighted by molar-refractivity contribution is 5.72. The van der Waals surface area contributed by atoms with Crippen molar-refractivity contribution in [2.45, 2.75) is 25.9 Å². The fraction of sp³-hybridized carbons (Fsp3) is 0.174. The molecule has 0 radical (unpaired) electrons. The maximum Gasteiger partial charge on any atom is 0.245 e. The van der Waals surface area contributed by atoms with Crippen molar-refractivity contribution in [3.05, 3.63) is 102 Å². The number of hydrogen-bond donors (Lipinski definition) is 0. The molecule has 0 aliphatic heterocycles. The molecule has 0 spiro atoms. The van der Waals surface area contributed by atoms with Gasteiger partial charge in [0.1, 0.15) is 12.1 Å². The third-order valence-electron chi connectivity index (χ3n) is 5.09. The molecule has 2 heteroatoms. The molecule has 2 atom stereocenters. The molecule has 0 aliphatic carbocycles. The predicted molar refractivity (Wildman–Crippen MR) is 103 cm³/mol. The summed E-state index contributed by atoms with van der Waals surface area (Å²) in [5, 5.41) is 0. The SMILES string of the molecule is CC(c1ccccc1)n1c[n+](C(C)c2ccccc2)c2ccccc21. The van der Waals surface area contributed by atoms with Crippen LogP contribution in [0.3, 0.4) is 0 Å². The number of benzene rings is 3. The van der Waals surface area contributed by atoms with Gasteiger partial charge in [0, 0.05) is 0 Å². The van der Waals surface area contributed by atoms with Crippen LogP contribution in [-0.4, -0.2) is 4.57 Å². The highest BCUT2D eigenvalue weighted by Crippen LogP contribution is 2.24. The van der Waals surface area contributed by atoms with E-state index in [1.165, 1.54) is 22.2 Å². The average molecular weight is 327 g/mol. The monoisotopic (exact) mass is 327 g/mol. The van der Waals surface area contributed by atoms with Crippen LogP contribution >= 0.6 is 0 Å². The number of nitrogens with zero attached hydrogens (tertiary/aromatic N) is 2. The first kappa shape index (κ1) is 15.6. The standard InChI is InChI=1S/C23H23N2/c1-18(20-11-5-3-6-12-20)24-17-25(23-16-10-9-15-22(23)24)19(2)21-13-7-4-8-14-21/h3-19H,1-2H3/q+1. The molecule has 2 unspecified atom stereocenters. The first-order valence-corrected chi connectivity index (χ1v) is 8.86. The van der Waals surface area contributed by atoms with Crippen molar-refractivity contribution in [2.75, 3.05) is 0 Å². The maximum atomic E-state index is 2.38. The van der Waals surface area contributed by atoms with Gasteiger partial charge in [-0.15, -0.1) is 0 Å². The van der Waals surface area contributed by atoms with Gasteiger partial charge in [-0.3, -0.25) is 0 Å². The fourth-order valence-electron chi connectivity index (χ4n) is 3.56. The number of hydrogen-bond acceptors (Lipinski definition) is 0. The van der Waals surface area contributed by atoms with Gasteiger partial charge >= 0.3 is 0 Å². The quantitative estimate of drug-likeness (QED) is 0.459. The Morgan fingerprint density at radius 1 is 0.680 bits per heavy atom. The predicted octanol–water partition coefficient (Wildman–Crippen LogP) is 5.15. The van der Waals surface area contributed by atoms with E-state index in [1.807, 2.05) is 0 Å². The smallest absolute Gasteiger partial charge is 0.223 e. The third kappa shape index (κ3) is 2.85. The number of imidazole rings is 1. The lowest BCUT2D eigenvalue weighted by Gasteiger charge is -2.10. The minimum atomic E-state index is 0.287. The first-order chi connectivity index (χ1) is 12.3. The zero-order valence-corrected chi connectivity index (χ0v) is 14.7. The Balaban J connectivity index is 1.85. The van der Waals surface area contributed by atoms with Crippen molar-refractivity contribution in [1.82, 2.24) is 4.57 Å². The molecular weight excluding hydrogens is 304 g/mol. The van der Waals surface area contributed by atoms with Crippen LogP contribution in [0.5, 0.6) is 0 Å². The molecule has 1 heterocycles. The van der Waals surface area contributed by atoms with Crippen molar-refractivity contribution in [3.8, 4) is 0 Å². The number of rotatable bonds is 4. The second kappa shape index (κ2) is 6.56. The van der Waals surface area contributed by atoms with E-state index in [9.17, 15) is 0 Å². The molecule has 0 fully saturated rings. The van der Waals surface area contributed by atoms with Crippen LogP contribution < -0.4 is 4.57 Å². The van der Waals surface area contributed by atoms with E-state index in [2.05, 4.69) is 114 Å². The van der Waals surface area contributed by atoms with Crippen molar-refractivity contribution >= 4 is 11.0 Å². The lowest BCUT2D eigenvalue weighted by atomic mass is 10.1. The molecule has 124 valence electrons. The van der Waals surface area contributed by atoms with E-state index >= 15 is 0 Å². The van der Waals surface area contributed by atoms with Crippen molar-refractivity contribution in [2.24, 2.45) is 0 Å². The zero-order valence-electron chi connectivity index (χ0n) is 14.7. The Labute approximate surface area is 149 Å². The van der Waals surface area contributed by atoms with Crippen LogP contribution in [0.25, 0.3) is 11.0 Å². The first-order valence-electron chi connectivity index (χ1n) is 8.86. The lowest BCUT2D eigenvalue weighted by Crippen LogP contribution is -2.37. The van der Waals surface area contributed by atoms with Crippen molar-refractivity contribution < 1.29 is 4.57 Å². The molecule has 0 saturated heterocycles. The molecule has 3 aromatic carbocycles. The summed E-state index contributed by atoms with van der Waals surface area (Å²) in [6.45, 7) is 4.53. The second-order valence-electron chi connectivity index (χ2n) is 6.59. The normalized spacial score (nSPS) is 13.7. The molecular formula is C23H23N2+. The van der Waals surface area contributed by atoms with Crippen molar-refractivity contribution in [1.29, 1.82) is 0 Å². The van der Waals surface area contributed by atoms with Crippen LogP contribution in [0.4, 0.5) is 0 Å². The number of aromatic nitrogens is 2. The highest BCUT2D eigenvalue weighted by atomic mass is 15.2. The van der Waals surface area contributed by atoms with Crippen molar-refractivity contribution in [3.63, 3.8) is 0 Å². The molecule has 25 heavy (non-hydrogen) atoms. The van der Waals surface area contributed by atoms with Crippen LogP contribution in [0.1, 0.15) is 37.1 Å². The summed E-state index contributed by atoms with van der Waals surface area (Å²) in [5.41, 5.74) is 5.17. The summed E-state index contributed by atoms with van der Waals surface area (Å²) in [4.78, 5) is 0. The van der Waals surface area contributed by atoms with Crippen LogP contribution in [0.2, 0.25) is 0 Å². The van der Waals surface area contributed by atoms with Gasteiger partial charge in [0.15, 0.2) is 11.0 Å². The van der Waals surface area contributed by atoms with Gasteiger partial charge in [0.2, 0.25) is 6.33 Å². The van der Waals surface area contributed by atoms with E-state index in [4.69, 9.17) is 0 Å². The second-order valence-corrected chi connectivity index (χ2v) is 6.59. The largest absolute Gasteiger partial charge is 0.245 e. The highest BCUT2D eigenvalue weighted by Gasteiger charge is 2.24. The fourth-order valence-corrected chi connectivity index (χ4v) is 3.56. The van der Waals surface area contributed by atoms with E-state index in [0.717, 1.165) is 0 Å². The van der Waals surface area contributed by atoms with Gasteiger partial charge in [0.25, 0.3) is 0 Å². The molecule has 0 bridgehead atoms. The minimum Gasteiger partial charge on any atom is -0.223 e. The van der Waals surface area contributed by atoms with Gasteiger partial charge in [-0.2, -0.15) is 0 Å². The molecule has 0 aliphatic rings. The molecule has 2 nitrogen and oxygen atoms in total. The van der Waals surface area contributed by atoms with Gasteiger partial charge < -0.3 is 0 Å². The van der Waals surface area contributed by atoms with Gasteiger partial charge in [-0.05, 0) is 37.1 Å². The number of fused-ring (bicyclic) bond motifs is 1. The van der Waals surface area contributed by atoms with Crippen LogP contribution in [0, 0.1) is 0 Å². The summed E-state index contributed by atoms with van der Waals surface area (Å²) >= 11 is 0. The van der Waals surface area contributed by atoms with E-state index in [0.29, 0.717) is 0 Å². The summed E-state index contributed by atoms with van der Waals surface area (Å²) in [5.74, 6) is 0. The Morgan fingerprint density at radius 3 is 1.92 bits per heavy atom. The van der Waals surface area contributed by atoms with Gasteiger partial charge in [-0.1, -0.05) is 72.8 Å². The molecule has 4 rings (SSSR count). The molecule has 0 N–H and O–H groups in total. The lowest BCUT2D eigenvalue weighted by molar-refractivity contribution is -0.686. The minimum absolute atomic E-state index is 0.287. The molecule has 4 aromatic rings. The average Bonchev–Trinajstić information content (AvgIpc) is 3.08. The van der Waals surface area contributed by atoms with E-state index < -0.39 is 0 Å². The molecule has 0 saturated carbocycles. The zero-order chi connectivity index (χ0) is 17.2. The Bertz CT molecular complexity index is 891.